The second kappa shape index (κ2) is 5.76. The minimum Gasteiger partial charge on any atom is -0.377 e. The number of hydrogen-bond donors (Lipinski definition) is 2. The van der Waals surface area contributed by atoms with Gasteiger partial charge in [0.05, 0.1) is 12.6 Å². The van der Waals surface area contributed by atoms with Gasteiger partial charge in [-0.1, -0.05) is 20.8 Å². The minimum atomic E-state index is 0.157. The van der Waals surface area contributed by atoms with Gasteiger partial charge in [0.15, 0.2) is 5.96 Å². The third-order valence-electron chi connectivity index (χ3n) is 5.78. The molecule has 1 aliphatic carbocycles. The SMILES string of the molecule is CCN1CCCC1CN=C(N)NC1C2CCOC2C1(C)C. The molecule has 120 valence electrons. The van der Waals surface area contributed by atoms with Crippen LogP contribution in [0.5, 0.6) is 0 Å². The lowest BCUT2D eigenvalue weighted by Crippen LogP contribution is -2.67. The first-order chi connectivity index (χ1) is 10.0. The molecule has 4 atom stereocenters. The van der Waals surface area contributed by atoms with E-state index in [1.165, 1.54) is 19.4 Å². The largest absolute Gasteiger partial charge is 0.377 e. The van der Waals surface area contributed by atoms with Gasteiger partial charge in [0.1, 0.15) is 0 Å². The highest BCUT2D eigenvalue weighted by Crippen LogP contribution is 2.51. The molecular formula is C16H30N4O. The maximum atomic E-state index is 6.13. The fourth-order valence-corrected chi connectivity index (χ4v) is 4.54. The molecule has 0 aromatic carbocycles. The van der Waals surface area contributed by atoms with Gasteiger partial charge in [-0.25, -0.2) is 0 Å². The number of nitrogens with one attached hydrogen (secondary N) is 1. The van der Waals surface area contributed by atoms with Crippen molar-refractivity contribution < 1.29 is 4.74 Å². The van der Waals surface area contributed by atoms with Crippen molar-refractivity contribution in [2.45, 2.75) is 58.2 Å². The number of aliphatic imine (C=N–C) groups is 1. The predicted molar refractivity (Wildman–Crippen MR) is 85.3 cm³/mol. The first-order valence-electron chi connectivity index (χ1n) is 8.46. The van der Waals surface area contributed by atoms with Gasteiger partial charge in [-0.2, -0.15) is 0 Å². The number of nitrogens with zero attached hydrogens (tertiary/aromatic N) is 2. The normalized spacial score (nSPS) is 39.1. The molecule has 0 aromatic rings. The lowest BCUT2D eigenvalue weighted by Gasteiger charge is -2.54. The topological polar surface area (TPSA) is 62.9 Å². The summed E-state index contributed by atoms with van der Waals surface area (Å²) in [5.74, 6) is 1.22. The average Bonchev–Trinajstić information content (AvgIpc) is 3.09. The number of nitrogens with two attached hydrogens (primary N) is 1. The molecule has 2 heterocycles. The molecular weight excluding hydrogens is 264 g/mol. The first-order valence-corrected chi connectivity index (χ1v) is 8.46. The molecule has 4 unspecified atom stereocenters. The smallest absolute Gasteiger partial charge is 0.188 e. The molecule has 5 heteroatoms. The van der Waals surface area contributed by atoms with Crippen LogP contribution in [0.15, 0.2) is 4.99 Å². The van der Waals surface area contributed by atoms with Gasteiger partial charge in [0, 0.05) is 30.0 Å². The van der Waals surface area contributed by atoms with E-state index in [-0.39, 0.29) is 5.41 Å². The summed E-state index contributed by atoms with van der Waals surface area (Å²) in [6.07, 6.45) is 4.08. The van der Waals surface area contributed by atoms with Gasteiger partial charge in [-0.3, -0.25) is 9.89 Å². The summed E-state index contributed by atoms with van der Waals surface area (Å²) in [7, 11) is 0. The number of ether oxygens (including phenoxy) is 1. The number of guanidine groups is 1. The highest BCUT2D eigenvalue weighted by Gasteiger charge is 2.59. The van der Waals surface area contributed by atoms with Crippen LogP contribution in [0.1, 0.15) is 40.0 Å². The van der Waals surface area contributed by atoms with Gasteiger partial charge >= 0.3 is 0 Å². The molecule has 0 spiro atoms. The Bertz CT molecular complexity index is 409. The molecule has 2 aliphatic heterocycles. The fourth-order valence-electron chi connectivity index (χ4n) is 4.54. The Morgan fingerprint density at radius 3 is 3.00 bits per heavy atom. The Hall–Kier alpha value is -0.810. The molecule has 3 N–H and O–H groups in total. The van der Waals surface area contributed by atoms with Gasteiger partial charge in [-0.15, -0.1) is 0 Å². The van der Waals surface area contributed by atoms with Gasteiger partial charge in [0.25, 0.3) is 0 Å². The van der Waals surface area contributed by atoms with E-state index >= 15 is 0 Å². The van der Waals surface area contributed by atoms with Crippen molar-refractivity contribution in [2.75, 3.05) is 26.2 Å². The highest BCUT2D eigenvalue weighted by atomic mass is 16.5. The number of likely N-dealkylation sites (tertiary alicyclic amines) is 1. The molecule has 0 aromatic heterocycles. The number of hydrogen-bond acceptors (Lipinski definition) is 3. The molecule has 3 rings (SSSR count). The van der Waals surface area contributed by atoms with Crippen molar-refractivity contribution in [1.29, 1.82) is 0 Å². The van der Waals surface area contributed by atoms with Crippen molar-refractivity contribution in [3.63, 3.8) is 0 Å². The van der Waals surface area contributed by atoms with Crippen LogP contribution in [0, 0.1) is 11.3 Å². The van der Waals surface area contributed by atoms with E-state index in [0.29, 0.717) is 30.1 Å². The first kappa shape index (κ1) is 15.1. The maximum absolute atomic E-state index is 6.13. The summed E-state index contributed by atoms with van der Waals surface area (Å²) in [5, 5.41) is 3.46. The summed E-state index contributed by atoms with van der Waals surface area (Å²) in [5.41, 5.74) is 6.29. The highest BCUT2D eigenvalue weighted by molar-refractivity contribution is 5.78. The van der Waals surface area contributed by atoms with Gasteiger partial charge in [0.2, 0.25) is 0 Å². The Morgan fingerprint density at radius 2 is 2.24 bits per heavy atom. The molecule has 3 fully saturated rings. The summed E-state index contributed by atoms with van der Waals surface area (Å²) in [4.78, 5) is 7.11. The van der Waals surface area contributed by atoms with Crippen molar-refractivity contribution in [3.05, 3.63) is 0 Å². The summed E-state index contributed by atoms with van der Waals surface area (Å²) < 4.78 is 5.82. The van der Waals surface area contributed by atoms with E-state index in [0.717, 1.165) is 26.1 Å². The van der Waals surface area contributed by atoms with Crippen molar-refractivity contribution >= 4 is 5.96 Å². The van der Waals surface area contributed by atoms with E-state index in [1.807, 2.05) is 0 Å². The lowest BCUT2D eigenvalue weighted by molar-refractivity contribution is -0.106. The zero-order valence-electron chi connectivity index (χ0n) is 13.6. The standard InChI is InChI=1S/C16H30N4O/c1-4-20-8-5-6-11(20)10-18-15(17)19-13-12-7-9-21-14(12)16(13,2)3/h11-14H,4-10H2,1-3H3,(H3,17,18,19). The molecule has 5 nitrogen and oxygen atoms in total. The van der Waals surface area contributed by atoms with Crippen LogP contribution in [0.4, 0.5) is 0 Å². The molecule has 3 aliphatic rings. The molecule has 0 amide bonds. The Kier molecular flexibility index (Phi) is 4.14. The lowest BCUT2D eigenvalue weighted by atomic mass is 9.57. The maximum Gasteiger partial charge on any atom is 0.188 e. The van der Waals surface area contributed by atoms with Crippen LogP contribution in [0.25, 0.3) is 0 Å². The fraction of sp³-hybridized carbons (Fsp3) is 0.938. The van der Waals surface area contributed by atoms with Crippen LogP contribution < -0.4 is 11.1 Å². The third-order valence-corrected chi connectivity index (χ3v) is 5.78. The van der Waals surface area contributed by atoms with Gasteiger partial charge in [-0.05, 0) is 32.4 Å². The summed E-state index contributed by atoms with van der Waals surface area (Å²) in [6.45, 7) is 10.8. The average molecular weight is 294 g/mol. The minimum absolute atomic E-state index is 0.157. The Morgan fingerprint density at radius 1 is 1.43 bits per heavy atom. The van der Waals surface area contributed by atoms with E-state index in [1.54, 1.807) is 0 Å². The van der Waals surface area contributed by atoms with Crippen LogP contribution in [0.2, 0.25) is 0 Å². The van der Waals surface area contributed by atoms with Crippen LogP contribution in [0.3, 0.4) is 0 Å². The van der Waals surface area contributed by atoms with Crippen LogP contribution in [-0.2, 0) is 4.74 Å². The number of likely N-dealkylation sites (N-methyl/N-ethyl adjacent to an activating group) is 1. The second-order valence-corrected chi connectivity index (χ2v) is 7.34. The zero-order chi connectivity index (χ0) is 15.0. The van der Waals surface area contributed by atoms with Crippen molar-refractivity contribution in [2.24, 2.45) is 22.1 Å². The van der Waals surface area contributed by atoms with E-state index in [2.05, 4.69) is 36.0 Å². The predicted octanol–water partition coefficient (Wildman–Crippen LogP) is 1.19. The van der Waals surface area contributed by atoms with E-state index < -0.39 is 0 Å². The Balaban J connectivity index is 1.54. The number of fused-ring (bicyclic) bond motifs is 1. The van der Waals surface area contributed by atoms with Crippen LogP contribution in [-0.4, -0.2) is 55.3 Å². The molecule has 0 bridgehead atoms. The zero-order valence-corrected chi connectivity index (χ0v) is 13.6. The van der Waals surface area contributed by atoms with Crippen molar-refractivity contribution in [1.82, 2.24) is 10.2 Å². The van der Waals surface area contributed by atoms with E-state index in [4.69, 9.17) is 10.5 Å². The van der Waals surface area contributed by atoms with Crippen LogP contribution >= 0.6 is 0 Å². The molecule has 0 radical (unpaired) electrons. The Labute approximate surface area is 128 Å². The van der Waals surface area contributed by atoms with E-state index in [9.17, 15) is 0 Å². The molecule has 2 saturated heterocycles. The third kappa shape index (κ3) is 2.66. The quantitative estimate of drug-likeness (QED) is 0.604. The monoisotopic (exact) mass is 294 g/mol. The summed E-state index contributed by atoms with van der Waals surface area (Å²) >= 11 is 0. The summed E-state index contributed by atoms with van der Waals surface area (Å²) in [6, 6.07) is 0.979. The molecule has 1 saturated carbocycles. The van der Waals surface area contributed by atoms with Crippen molar-refractivity contribution in [3.8, 4) is 0 Å². The van der Waals surface area contributed by atoms with Gasteiger partial charge < -0.3 is 15.8 Å². The molecule has 21 heavy (non-hydrogen) atoms. The second-order valence-electron chi connectivity index (χ2n) is 7.34. The number of rotatable bonds is 4.